The Kier molecular flexibility index (Phi) is 6.02. The summed E-state index contributed by atoms with van der Waals surface area (Å²) in [5.74, 6) is -0.0480. The number of para-hydroxylation sites is 1. The molecule has 5 rings (SSSR count). The Hall–Kier alpha value is -2.84. The molecule has 0 bridgehead atoms. The number of benzene rings is 1. The maximum absolute atomic E-state index is 13.4. The maximum atomic E-state index is 13.4. The first-order chi connectivity index (χ1) is 14.7. The summed E-state index contributed by atoms with van der Waals surface area (Å²) in [6, 6.07) is 10.3. The Balaban J connectivity index is 0.00000231. The van der Waals surface area contributed by atoms with Gasteiger partial charge in [-0.25, -0.2) is 0 Å². The van der Waals surface area contributed by atoms with E-state index in [0.29, 0.717) is 37.4 Å². The number of aromatic nitrogens is 3. The van der Waals surface area contributed by atoms with Crippen LogP contribution in [-0.4, -0.2) is 57.7 Å². The largest absolute Gasteiger partial charge is 0.368 e. The molecule has 0 saturated carbocycles. The number of anilines is 1. The van der Waals surface area contributed by atoms with Crippen LogP contribution < -0.4 is 15.8 Å². The van der Waals surface area contributed by atoms with Gasteiger partial charge in [0, 0.05) is 63.6 Å². The average Bonchev–Trinajstić information content (AvgIpc) is 3.25. The molecular weight excluding hydrogens is 416 g/mol. The lowest BCUT2D eigenvalue weighted by Gasteiger charge is -2.36. The molecule has 0 atom stereocenters. The van der Waals surface area contributed by atoms with Crippen LogP contribution in [0.2, 0.25) is 0 Å². The van der Waals surface area contributed by atoms with Crippen LogP contribution in [0.4, 0.5) is 5.69 Å². The van der Waals surface area contributed by atoms with Crippen molar-refractivity contribution in [2.75, 3.05) is 37.6 Å². The van der Waals surface area contributed by atoms with Crippen LogP contribution in [0.25, 0.3) is 5.65 Å². The molecule has 2 aromatic heterocycles. The number of halogens is 1. The van der Waals surface area contributed by atoms with Gasteiger partial charge in [-0.2, -0.15) is 9.61 Å². The van der Waals surface area contributed by atoms with Crippen LogP contribution in [0.15, 0.2) is 41.3 Å². The molecule has 1 fully saturated rings. The molecule has 0 unspecified atom stereocenters. The highest BCUT2D eigenvalue weighted by atomic mass is 35.5. The van der Waals surface area contributed by atoms with Crippen LogP contribution in [0.5, 0.6) is 0 Å². The highest BCUT2D eigenvalue weighted by molar-refractivity contribution is 6.00. The number of amides is 1. The lowest BCUT2D eigenvalue weighted by atomic mass is 10.1. The van der Waals surface area contributed by atoms with Gasteiger partial charge in [0.05, 0.1) is 11.8 Å². The predicted octanol–water partition coefficient (Wildman–Crippen LogP) is 1.55. The zero-order valence-electron chi connectivity index (χ0n) is 17.6. The van der Waals surface area contributed by atoms with E-state index in [1.807, 2.05) is 30.0 Å². The number of hydrogen-bond donors (Lipinski definition) is 1. The SMILES string of the molecule is CCn1c2c(c(=O)n3ncc(C(=O)N4CCN(c5ccccc5)CC4)c13)CNCC2.Cl. The van der Waals surface area contributed by atoms with Crippen LogP contribution in [0.1, 0.15) is 28.5 Å². The Labute approximate surface area is 186 Å². The summed E-state index contributed by atoms with van der Waals surface area (Å²) in [6.07, 6.45) is 2.34. The second kappa shape index (κ2) is 8.72. The molecule has 0 aliphatic carbocycles. The predicted molar refractivity (Wildman–Crippen MR) is 122 cm³/mol. The Morgan fingerprint density at radius 2 is 1.87 bits per heavy atom. The topological polar surface area (TPSA) is 74.9 Å². The number of carbonyl (C=O) groups excluding carboxylic acids is 1. The van der Waals surface area contributed by atoms with Gasteiger partial charge < -0.3 is 19.7 Å². The van der Waals surface area contributed by atoms with Crippen molar-refractivity contribution in [3.8, 4) is 0 Å². The van der Waals surface area contributed by atoms with Crippen LogP contribution >= 0.6 is 12.4 Å². The number of nitrogens with one attached hydrogen (secondary N) is 1. The van der Waals surface area contributed by atoms with Gasteiger partial charge in [-0.3, -0.25) is 9.59 Å². The van der Waals surface area contributed by atoms with Gasteiger partial charge in [0.1, 0.15) is 5.56 Å². The summed E-state index contributed by atoms with van der Waals surface area (Å²) < 4.78 is 3.50. The number of fused-ring (bicyclic) bond motifs is 2. The molecule has 2 aliphatic rings. The first kappa shape index (κ1) is 21.4. The first-order valence-electron chi connectivity index (χ1n) is 10.6. The summed E-state index contributed by atoms with van der Waals surface area (Å²) in [7, 11) is 0. The zero-order chi connectivity index (χ0) is 20.7. The van der Waals surface area contributed by atoms with E-state index in [1.165, 1.54) is 10.2 Å². The first-order valence-corrected chi connectivity index (χ1v) is 10.6. The van der Waals surface area contributed by atoms with E-state index in [-0.39, 0.29) is 23.9 Å². The molecule has 3 aromatic rings. The minimum Gasteiger partial charge on any atom is -0.368 e. The fourth-order valence-corrected chi connectivity index (χ4v) is 4.64. The molecule has 1 saturated heterocycles. The molecule has 2 aliphatic heterocycles. The van der Waals surface area contributed by atoms with E-state index in [4.69, 9.17) is 0 Å². The van der Waals surface area contributed by atoms with Gasteiger partial charge in [-0.05, 0) is 19.1 Å². The van der Waals surface area contributed by atoms with Gasteiger partial charge in [0.25, 0.3) is 11.5 Å². The highest BCUT2D eigenvalue weighted by Crippen LogP contribution is 2.21. The van der Waals surface area contributed by atoms with Gasteiger partial charge >= 0.3 is 0 Å². The Morgan fingerprint density at radius 3 is 2.58 bits per heavy atom. The third kappa shape index (κ3) is 3.59. The van der Waals surface area contributed by atoms with Crippen molar-refractivity contribution < 1.29 is 4.79 Å². The van der Waals surface area contributed by atoms with Crippen LogP contribution in [0, 0.1) is 0 Å². The normalized spacial score (nSPS) is 16.2. The summed E-state index contributed by atoms with van der Waals surface area (Å²) in [5, 5.41) is 7.57. The molecule has 9 heteroatoms. The highest BCUT2D eigenvalue weighted by Gasteiger charge is 2.28. The minimum atomic E-state index is -0.121. The van der Waals surface area contributed by atoms with Crippen molar-refractivity contribution in [3.63, 3.8) is 0 Å². The van der Waals surface area contributed by atoms with Crippen LogP contribution in [0.3, 0.4) is 0 Å². The summed E-state index contributed by atoms with van der Waals surface area (Å²) in [4.78, 5) is 30.5. The zero-order valence-corrected chi connectivity index (χ0v) is 18.4. The Morgan fingerprint density at radius 1 is 1.13 bits per heavy atom. The van der Waals surface area contributed by atoms with Gasteiger partial charge in [-0.1, -0.05) is 18.2 Å². The standard InChI is InChI=1S/C22H26N6O2.ClH/c1-2-27-19-8-9-23-14-17(19)22(30)28-20(27)18(15-24-28)21(29)26-12-10-25(11-13-26)16-6-4-3-5-7-16;/h3-7,15,23H,2,8-14H2,1H3;1H. The second-order valence-electron chi connectivity index (χ2n) is 7.81. The molecule has 1 aromatic carbocycles. The maximum Gasteiger partial charge on any atom is 0.279 e. The lowest BCUT2D eigenvalue weighted by molar-refractivity contribution is 0.0748. The van der Waals surface area contributed by atoms with Crippen molar-refractivity contribution in [1.82, 2.24) is 24.4 Å². The molecule has 31 heavy (non-hydrogen) atoms. The van der Waals surface area contributed by atoms with E-state index in [0.717, 1.165) is 37.3 Å². The van der Waals surface area contributed by atoms with Crippen molar-refractivity contribution in [2.24, 2.45) is 0 Å². The van der Waals surface area contributed by atoms with Crippen LogP contribution in [-0.2, 0) is 19.5 Å². The number of rotatable bonds is 3. The van der Waals surface area contributed by atoms with Gasteiger partial charge in [0.2, 0.25) is 0 Å². The van der Waals surface area contributed by atoms with E-state index in [1.54, 1.807) is 6.20 Å². The third-order valence-electron chi connectivity index (χ3n) is 6.20. The number of aryl methyl sites for hydroxylation is 1. The molecule has 0 radical (unpaired) electrons. The quantitative estimate of drug-likeness (QED) is 0.666. The number of piperazine rings is 1. The van der Waals surface area contributed by atoms with E-state index in [9.17, 15) is 9.59 Å². The molecule has 1 N–H and O–H groups in total. The average molecular weight is 443 g/mol. The van der Waals surface area contributed by atoms with Gasteiger partial charge in [0.15, 0.2) is 5.65 Å². The monoisotopic (exact) mass is 442 g/mol. The molecule has 1 amide bonds. The summed E-state index contributed by atoms with van der Waals surface area (Å²) in [5.41, 5.74) is 3.99. The third-order valence-corrected chi connectivity index (χ3v) is 6.20. The van der Waals surface area contributed by atoms with Gasteiger partial charge in [-0.15, -0.1) is 12.4 Å². The van der Waals surface area contributed by atoms with E-state index >= 15 is 0 Å². The fourth-order valence-electron chi connectivity index (χ4n) is 4.64. The molecular formula is C22H27ClN6O2. The van der Waals surface area contributed by atoms with Crippen molar-refractivity contribution in [3.05, 3.63) is 63.7 Å². The fraction of sp³-hybridized carbons (Fsp3) is 0.409. The van der Waals surface area contributed by atoms with E-state index in [2.05, 4.69) is 32.0 Å². The van der Waals surface area contributed by atoms with Crippen molar-refractivity contribution >= 4 is 29.6 Å². The summed E-state index contributed by atoms with van der Waals surface area (Å²) in [6.45, 7) is 7.00. The molecule has 8 nitrogen and oxygen atoms in total. The minimum absolute atomic E-state index is 0. The lowest BCUT2D eigenvalue weighted by Crippen LogP contribution is -2.49. The van der Waals surface area contributed by atoms with Crippen molar-refractivity contribution in [1.29, 1.82) is 0 Å². The Bertz CT molecular complexity index is 1150. The van der Waals surface area contributed by atoms with E-state index < -0.39 is 0 Å². The van der Waals surface area contributed by atoms with Crippen molar-refractivity contribution in [2.45, 2.75) is 26.4 Å². The summed E-state index contributed by atoms with van der Waals surface area (Å²) >= 11 is 0. The number of hydrogen-bond acceptors (Lipinski definition) is 5. The molecule has 4 heterocycles. The second-order valence-corrected chi connectivity index (χ2v) is 7.81. The molecule has 164 valence electrons. The molecule has 0 spiro atoms. The smallest absolute Gasteiger partial charge is 0.279 e. The number of nitrogens with zero attached hydrogens (tertiary/aromatic N) is 5. The number of carbonyl (C=O) groups is 1.